The first-order valence-electron chi connectivity index (χ1n) is 9.33. The van der Waals surface area contributed by atoms with E-state index in [9.17, 15) is 9.59 Å². The molecule has 2 aromatic rings. The van der Waals surface area contributed by atoms with Gasteiger partial charge < -0.3 is 4.74 Å². The first kappa shape index (κ1) is 18.9. The number of amides is 1. The third-order valence-corrected chi connectivity index (χ3v) is 6.13. The molecule has 2 aromatic carbocycles. The minimum atomic E-state index is -0.332. The van der Waals surface area contributed by atoms with E-state index in [4.69, 9.17) is 4.74 Å². The Balaban J connectivity index is 1.66. The number of aryl methyl sites for hydroxylation is 1. The minimum Gasteiger partial charge on any atom is -0.379 e. The zero-order valence-electron chi connectivity index (χ0n) is 15.7. The lowest BCUT2D eigenvalue weighted by molar-refractivity contribution is -0.121. The molecule has 2 saturated heterocycles. The SMILES string of the molecule is Cc1ccc(C(=O)/C=C2\SC(N3CCOCC3)C(=O)N2c2ccccc2)cc1. The number of hydrogen-bond acceptors (Lipinski definition) is 5. The van der Waals surface area contributed by atoms with Crippen LogP contribution >= 0.6 is 11.8 Å². The summed E-state index contributed by atoms with van der Waals surface area (Å²) in [6.07, 6.45) is 1.58. The molecule has 0 saturated carbocycles. The van der Waals surface area contributed by atoms with Crippen molar-refractivity contribution in [3.8, 4) is 0 Å². The van der Waals surface area contributed by atoms with Crippen LogP contribution in [0.2, 0.25) is 0 Å². The number of para-hydroxylation sites is 1. The van der Waals surface area contributed by atoms with E-state index in [0.29, 0.717) is 36.9 Å². The fourth-order valence-corrected chi connectivity index (χ4v) is 4.59. The second-order valence-electron chi connectivity index (χ2n) is 6.84. The average Bonchev–Trinajstić information content (AvgIpc) is 3.05. The number of rotatable bonds is 4. The number of benzene rings is 2. The third-order valence-electron chi connectivity index (χ3n) is 4.87. The van der Waals surface area contributed by atoms with E-state index in [1.807, 2.05) is 61.5 Å². The largest absolute Gasteiger partial charge is 0.379 e. The van der Waals surface area contributed by atoms with Crippen molar-refractivity contribution in [1.82, 2.24) is 4.90 Å². The van der Waals surface area contributed by atoms with Gasteiger partial charge in [-0.15, -0.1) is 0 Å². The molecule has 28 heavy (non-hydrogen) atoms. The molecule has 0 spiro atoms. The highest BCUT2D eigenvalue weighted by Crippen LogP contribution is 2.40. The average molecular weight is 394 g/mol. The summed E-state index contributed by atoms with van der Waals surface area (Å²) in [5, 5.41) is 0.333. The van der Waals surface area contributed by atoms with Crippen molar-refractivity contribution < 1.29 is 14.3 Å². The number of thioether (sulfide) groups is 1. The number of nitrogens with zero attached hydrogens (tertiary/aromatic N) is 2. The highest BCUT2D eigenvalue weighted by Gasteiger charge is 2.41. The number of carbonyl (C=O) groups is 2. The van der Waals surface area contributed by atoms with Crippen LogP contribution in [-0.2, 0) is 9.53 Å². The predicted octanol–water partition coefficient (Wildman–Crippen LogP) is 3.46. The molecular formula is C22H22N2O3S. The Morgan fingerprint density at radius 2 is 1.75 bits per heavy atom. The first-order valence-corrected chi connectivity index (χ1v) is 10.2. The van der Waals surface area contributed by atoms with Crippen LogP contribution in [0.15, 0.2) is 65.7 Å². The van der Waals surface area contributed by atoms with Crippen LogP contribution in [0.5, 0.6) is 0 Å². The monoisotopic (exact) mass is 394 g/mol. The molecule has 1 amide bonds. The molecular weight excluding hydrogens is 372 g/mol. The summed E-state index contributed by atoms with van der Waals surface area (Å²) in [6.45, 7) is 4.66. The van der Waals surface area contributed by atoms with E-state index in [1.165, 1.54) is 11.8 Å². The van der Waals surface area contributed by atoms with Crippen LogP contribution in [0.3, 0.4) is 0 Å². The molecule has 0 aliphatic carbocycles. The molecule has 4 rings (SSSR count). The molecule has 2 aliphatic heterocycles. The summed E-state index contributed by atoms with van der Waals surface area (Å²) in [5.74, 6) is -0.111. The highest BCUT2D eigenvalue weighted by molar-refractivity contribution is 8.05. The van der Waals surface area contributed by atoms with Gasteiger partial charge in [0.15, 0.2) is 5.78 Å². The van der Waals surface area contributed by atoms with Gasteiger partial charge in [-0.25, -0.2) is 0 Å². The van der Waals surface area contributed by atoms with E-state index in [1.54, 1.807) is 11.0 Å². The van der Waals surface area contributed by atoms with Gasteiger partial charge >= 0.3 is 0 Å². The predicted molar refractivity (Wildman–Crippen MR) is 111 cm³/mol. The lowest BCUT2D eigenvalue weighted by Gasteiger charge is -2.30. The van der Waals surface area contributed by atoms with E-state index in [-0.39, 0.29) is 17.1 Å². The van der Waals surface area contributed by atoms with Gasteiger partial charge in [0.25, 0.3) is 5.91 Å². The molecule has 0 N–H and O–H groups in total. The Kier molecular flexibility index (Phi) is 5.62. The van der Waals surface area contributed by atoms with Crippen molar-refractivity contribution in [2.75, 3.05) is 31.2 Å². The zero-order chi connectivity index (χ0) is 19.5. The summed E-state index contributed by atoms with van der Waals surface area (Å²) < 4.78 is 5.42. The maximum atomic E-state index is 13.2. The van der Waals surface area contributed by atoms with Gasteiger partial charge in [0.2, 0.25) is 0 Å². The van der Waals surface area contributed by atoms with Gasteiger partial charge in [0.05, 0.1) is 18.2 Å². The topological polar surface area (TPSA) is 49.9 Å². The number of anilines is 1. The maximum Gasteiger partial charge on any atom is 0.260 e. The molecule has 0 aromatic heterocycles. The van der Waals surface area contributed by atoms with E-state index >= 15 is 0 Å². The minimum absolute atomic E-state index is 0.0129. The summed E-state index contributed by atoms with van der Waals surface area (Å²) in [7, 11) is 0. The maximum absolute atomic E-state index is 13.2. The Bertz CT molecular complexity index is 890. The van der Waals surface area contributed by atoms with Crippen molar-refractivity contribution in [3.05, 3.63) is 76.8 Å². The number of ketones is 1. The zero-order valence-corrected chi connectivity index (χ0v) is 16.5. The molecule has 2 heterocycles. The Hall–Kier alpha value is -2.41. The van der Waals surface area contributed by atoms with Crippen molar-refractivity contribution >= 4 is 29.1 Å². The molecule has 1 atom stereocenters. The van der Waals surface area contributed by atoms with Gasteiger partial charge in [-0.1, -0.05) is 59.8 Å². The van der Waals surface area contributed by atoms with Gasteiger partial charge in [0, 0.05) is 30.4 Å². The van der Waals surface area contributed by atoms with Crippen LogP contribution in [0.25, 0.3) is 0 Å². The van der Waals surface area contributed by atoms with Crippen molar-refractivity contribution in [2.24, 2.45) is 0 Å². The number of ether oxygens (including phenoxy) is 1. The van der Waals surface area contributed by atoms with Crippen molar-refractivity contribution in [3.63, 3.8) is 0 Å². The summed E-state index contributed by atoms with van der Waals surface area (Å²) in [6, 6.07) is 17.0. The number of morpholine rings is 1. The van der Waals surface area contributed by atoms with Crippen molar-refractivity contribution in [1.29, 1.82) is 0 Å². The molecule has 2 fully saturated rings. The summed E-state index contributed by atoms with van der Waals surface area (Å²) in [5.41, 5.74) is 2.50. The fourth-order valence-electron chi connectivity index (χ4n) is 3.32. The van der Waals surface area contributed by atoms with Gasteiger partial charge in [-0.2, -0.15) is 0 Å². The second-order valence-corrected chi connectivity index (χ2v) is 7.94. The van der Waals surface area contributed by atoms with E-state index < -0.39 is 0 Å². The number of hydrogen-bond donors (Lipinski definition) is 0. The van der Waals surface area contributed by atoms with E-state index in [2.05, 4.69) is 4.90 Å². The first-order chi connectivity index (χ1) is 13.6. The second kappa shape index (κ2) is 8.31. The molecule has 0 bridgehead atoms. The third kappa shape index (κ3) is 3.90. The normalized spacial score (nSPS) is 22.0. The molecule has 2 aliphatic rings. The molecule has 144 valence electrons. The number of carbonyl (C=O) groups excluding carboxylic acids is 2. The van der Waals surface area contributed by atoms with Gasteiger partial charge in [0.1, 0.15) is 5.37 Å². The summed E-state index contributed by atoms with van der Waals surface area (Å²) in [4.78, 5) is 29.9. The van der Waals surface area contributed by atoms with Crippen LogP contribution < -0.4 is 4.90 Å². The van der Waals surface area contributed by atoms with Gasteiger partial charge in [-0.3, -0.25) is 19.4 Å². The Morgan fingerprint density at radius 3 is 2.43 bits per heavy atom. The van der Waals surface area contributed by atoms with Crippen molar-refractivity contribution in [2.45, 2.75) is 12.3 Å². The molecule has 6 heteroatoms. The molecule has 5 nitrogen and oxygen atoms in total. The highest BCUT2D eigenvalue weighted by atomic mass is 32.2. The molecule has 0 radical (unpaired) electrons. The Labute approximate surface area is 169 Å². The van der Waals surface area contributed by atoms with Crippen LogP contribution in [0.1, 0.15) is 15.9 Å². The van der Waals surface area contributed by atoms with Crippen LogP contribution in [0, 0.1) is 6.92 Å². The van der Waals surface area contributed by atoms with Crippen LogP contribution in [-0.4, -0.2) is 48.3 Å². The van der Waals surface area contributed by atoms with Crippen LogP contribution in [0.4, 0.5) is 5.69 Å². The molecule has 1 unspecified atom stereocenters. The Morgan fingerprint density at radius 1 is 1.07 bits per heavy atom. The standard InChI is InChI=1S/C22H22N2O3S/c1-16-7-9-17(10-8-16)19(25)15-20-24(18-5-3-2-4-6-18)21(26)22(28-20)23-11-13-27-14-12-23/h2-10,15,22H,11-14H2,1H3/b20-15-. The van der Waals surface area contributed by atoms with Gasteiger partial charge in [-0.05, 0) is 19.1 Å². The summed E-state index contributed by atoms with van der Waals surface area (Å²) >= 11 is 1.44. The lowest BCUT2D eigenvalue weighted by Crippen LogP contribution is -2.46. The smallest absolute Gasteiger partial charge is 0.260 e. The lowest BCUT2D eigenvalue weighted by atomic mass is 10.1. The van der Waals surface area contributed by atoms with E-state index in [0.717, 1.165) is 11.3 Å². The fraction of sp³-hybridized carbons (Fsp3) is 0.273. The quantitative estimate of drug-likeness (QED) is 0.587. The number of allylic oxidation sites excluding steroid dienone is 1.